The molecule has 1 N–H and O–H groups in total. The van der Waals surface area contributed by atoms with E-state index in [1.807, 2.05) is 32.0 Å². The maximum absolute atomic E-state index is 11.1. The molecule has 0 atom stereocenters. The van der Waals surface area contributed by atoms with Crippen LogP contribution in [0.5, 0.6) is 5.75 Å². The number of rotatable bonds is 2. The molecule has 3 heteroatoms. The first-order valence-corrected chi connectivity index (χ1v) is 5.20. The van der Waals surface area contributed by atoms with Crippen LogP contribution in [0.2, 0.25) is 0 Å². The lowest BCUT2D eigenvalue weighted by Gasteiger charge is -2.18. The van der Waals surface area contributed by atoms with E-state index in [-0.39, 0.29) is 12.0 Å². The third-order valence-corrected chi connectivity index (χ3v) is 2.38. The van der Waals surface area contributed by atoms with Gasteiger partial charge >= 0.3 is 0 Å². The molecule has 1 heterocycles. The van der Waals surface area contributed by atoms with Crippen molar-refractivity contribution >= 4 is 5.91 Å². The zero-order valence-corrected chi connectivity index (χ0v) is 9.04. The summed E-state index contributed by atoms with van der Waals surface area (Å²) in [7, 11) is 0. The lowest BCUT2D eigenvalue weighted by molar-refractivity contribution is -0.121. The van der Waals surface area contributed by atoms with Crippen LogP contribution in [-0.2, 0) is 17.8 Å². The van der Waals surface area contributed by atoms with E-state index in [0.717, 1.165) is 16.9 Å². The van der Waals surface area contributed by atoms with Gasteiger partial charge in [0.2, 0.25) is 5.91 Å². The molecule has 0 fully saturated rings. The van der Waals surface area contributed by atoms with E-state index in [1.165, 1.54) is 0 Å². The fourth-order valence-corrected chi connectivity index (χ4v) is 1.71. The highest BCUT2D eigenvalue weighted by molar-refractivity contribution is 5.80. The van der Waals surface area contributed by atoms with Gasteiger partial charge in [-0.2, -0.15) is 0 Å². The summed E-state index contributed by atoms with van der Waals surface area (Å²) >= 11 is 0. The van der Waals surface area contributed by atoms with Crippen molar-refractivity contribution in [3.8, 4) is 5.75 Å². The zero-order valence-electron chi connectivity index (χ0n) is 9.04. The normalized spacial score (nSPS) is 14.7. The number of ether oxygens (including phenoxy) is 1. The monoisotopic (exact) mass is 205 g/mol. The summed E-state index contributed by atoms with van der Waals surface area (Å²) in [5.41, 5.74) is 2.27. The molecule has 0 unspecified atom stereocenters. The van der Waals surface area contributed by atoms with E-state index >= 15 is 0 Å². The highest BCUT2D eigenvalue weighted by Gasteiger charge is 2.15. The quantitative estimate of drug-likeness (QED) is 0.797. The van der Waals surface area contributed by atoms with Crippen molar-refractivity contribution in [2.45, 2.75) is 32.9 Å². The van der Waals surface area contributed by atoms with Crippen LogP contribution in [0.15, 0.2) is 18.2 Å². The minimum Gasteiger partial charge on any atom is -0.491 e. The molecule has 15 heavy (non-hydrogen) atoms. The maximum Gasteiger partial charge on any atom is 0.224 e. The van der Waals surface area contributed by atoms with Crippen LogP contribution in [0.25, 0.3) is 0 Å². The minimum atomic E-state index is 0.0972. The number of nitrogens with one attached hydrogen (secondary N) is 1. The molecule has 0 bridgehead atoms. The molecule has 0 aromatic heterocycles. The van der Waals surface area contributed by atoms with Gasteiger partial charge in [0.1, 0.15) is 5.75 Å². The zero-order chi connectivity index (χ0) is 10.8. The lowest BCUT2D eigenvalue weighted by atomic mass is 10.0. The van der Waals surface area contributed by atoms with Gasteiger partial charge in [0, 0.05) is 6.54 Å². The number of amides is 1. The standard InChI is InChI=1S/C12H15NO2/c1-8(2)15-11-4-3-9-6-12(14)13-7-10(9)5-11/h3-5,8H,6-7H2,1-2H3,(H,13,14). The molecule has 0 spiro atoms. The Morgan fingerprint density at radius 2 is 2.13 bits per heavy atom. The number of hydrogen-bond acceptors (Lipinski definition) is 2. The summed E-state index contributed by atoms with van der Waals surface area (Å²) in [6.07, 6.45) is 0.665. The fraction of sp³-hybridized carbons (Fsp3) is 0.417. The summed E-state index contributed by atoms with van der Waals surface area (Å²) in [5.74, 6) is 0.972. The molecule has 1 amide bonds. The van der Waals surface area contributed by atoms with E-state index in [2.05, 4.69) is 5.32 Å². The highest BCUT2D eigenvalue weighted by atomic mass is 16.5. The van der Waals surface area contributed by atoms with Gasteiger partial charge in [-0.05, 0) is 37.1 Å². The first-order valence-electron chi connectivity index (χ1n) is 5.20. The molecule has 0 aliphatic carbocycles. The van der Waals surface area contributed by atoms with Gasteiger partial charge in [-0.25, -0.2) is 0 Å². The van der Waals surface area contributed by atoms with E-state index < -0.39 is 0 Å². The van der Waals surface area contributed by atoms with Crippen molar-refractivity contribution in [2.75, 3.05) is 0 Å². The van der Waals surface area contributed by atoms with Crippen molar-refractivity contribution in [2.24, 2.45) is 0 Å². The predicted octanol–water partition coefficient (Wildman–Crippen LogP) is 1.65. The van der Waals surface area contributed by atoms with Gasteiger partial charge in [-0.3, -0.25) is 4.79 Å². The SMILES string of the molecule is CC(C)Oc1ccc2c(c1)CNC(=O)C2. The van der Waals surface area contributed by atoms with Crippen LogP contribution >= 0.6 is 0 Å². The number of benzene rings is 1. The Hall–Kier alpha value is -1.51. The van der Waals surface area contributed by atoms with Crippen LogP contribution < -0.4 is 10.1 Å². The Morgan fingerprint density at radius 1 is 1.33 bits per heavy atom. The molecule has 80 valence electrons. The topological polar surface area (TPSA) is 38.3 Å². The Morgan fingerprint density at radius 3 is 2.87 bits per heavy atom. The van der Waals surface area contributed by atoms with Gasteiger partial charge in [0.05, 0.1) is 12.5 Å². The second-order valence-corrected chi connectivity index (χ2v) is 4.05. The molecule has 0 saturated heterocycles. The van der Waals surface area contributed by atoms with Crippen LogP contribution in [-0.4, -0.2) is 12.0 Å². The minimum absolute atomic E-state index is 0.0972. The Balaban J connectivity index is 2.23. The average molecular weight is 205 g/mol. The lowest BCUT2D eigenvalue weighted by Crippen LogP contribution is -2.30. The summed E-state index contributed by atoms with van der Waals surface area (Å²) < 4.78 is 5.59. The molecule has 1 aliphatic rings. The third kappa shape index (κ3) is 2.29. The Kier molecular flexibility index (Phi) is 2.62. The van der Waals surface area contributed by atoms with Crippen molar-refractivity contribution in [1.29, 1.82) is 0 Å². The van der Waals surface area contributed by atoms with E-state index in [9.17, 15) is 4.79 Å². The van der Waals surface area contributed by atoms with Crippen LogP contribution in [0.4, 0.5) is 0 Å². The Bertz CT molecular complexity index is 385. The highest BCUT2D eigenvalue weighted by Crippen LogP contribution is 2.21. The van der Waals surface area contributed by atoms with E-state index in [0.29, 0.717) is 13.0 Å². The maximum atomic E-state index is 11.1. The van der Waals surface area contributed by atoms with Crippen LogP contribution in [0, 0.1) is 0 Å². The van der Waals surface area contributed by atoms with Crippen molar-refractivity contribution in [3.63, 3.8) is 0 Å². The molecule has 2 rings (SSSR count). The number of carbonyl (C=O) groups is 1. The number of hydrogen-bond donors (Lipinski definition) is 1. The number of fused-ring (bicyclic) bond motifs is 1. The second-order valence-electron chi connectivity index (χ2n) is 4.05. The largest absolute Gasteiger partial charge is 0.491 e. The molecule has 0 saturated carbocycles. The van der Waals surface area contributed by atoms with E-state index in [4.69, 9.17) is 4.74 Å². The molecule has 1 aromatic carbocycles. The molecular weight excluding hydrogens is 190 g/mol. The molecule has 3 nitrogen and oxygen atoms in total. The molecular formula is C12H15NO2. The van der Waals surface area contributed by atoms with E-state index in [1.54, 1.807) is 0 Å². The molecule has 1 aromatic rings. The Labute approximate surface area is 89.4 Å². The van der Waals surface area contributed by atoms with Crippen LogP contribution in [0.1, 0.15) is 25.0 Å². The number of carbonyl (C=O) groups excluding carboxylic acids is 1. The van der Waals surface area contributed by atoms with Crippen molar-refractivity contribution in [3.05, 3.63) is 29.3 Å². The fourth-order valence-electron chi connectivity index (χ4n) is 1.71. The second kappa shape index (κ2) is 3.93. The summed E-state index contributed by atoms with van der Waals surface area (Å²) in [6.45, 7) is 4.62. The summed E-state index contributed by atoms with van der Waals surface area (Å²) in [5, 5.41) is 2.82. The smallest absolute Gasteiger partial charge is 0.224 e. The molecule has 0 radical (unpaired) electrons. The van der Waals surface area contributed by atoms with Gasteiger partial charge in [0.15, 0.2) is 0 Å². The first-order chi connectivity index (χ1) is 7.15. The first kappa shape index (κ1) is 10.0. The van der Waals surface area contributed by atoms with Gasteiger partial charge < -0.3 is 10.1 Å². The van der Waals surface area contributed by atoms with Crippen molar-refractivity contribution in [1.82, 2.24) is 5.32 Å². The van der Waals surface area contributed by atoms with Gasteiger partial charge in [-0.1, -0.05) is 6.07 Å². The van der Waals surface area contributed by atoms with Gasteiger partial charge in [0.25, 0.3) is 0 Å². The van der Waals surface area contributed by atoms with Crippen LogP contribution in [0.3, 0.4) is 0 Å². The predicted molar refractivity (Wildman–Crippen MR) is 57.8 cm³/mol. The molecule has 1 aliphatic heterocycles. The average Bonchev–Trinajstić information content (AvgIpc) is 2.17. The van der Waals surface area contributed by atoms with Crippen molar-refractivity contribution < 1.29 is 9.53 Å². The third-order valence-electron chi connectivity index (χ3n) is 2.38. The summed E-state index contributed by atoms with van der Waals surface area (Å²) in [6, 6.07) is 5.91. The van der Waals surface area contributed by atoms with Gasteiger partial charge in [-0.15, -0.1) is 0 Å². The summed E-state index contributed by atoms with van der Waals surface area (Å²) in [4.78, 5) is 11.1.